The van der Waals surface area contributed by atoms with Crippen molar-refractivity contribution in [2.45, 2.75) is 25.3 Å². The van der Waals surface area contributed by atoms with Crippen LogP contribution in [0.3, 0.4) is 0 Å². The highest BCUT2D eigenvalue weighted by atomic mass is 35.5. The molecule has 2 aromatic rings. The minimum Gasteiger partial charge on any atom is -0.375 e. The number of halogens is 2. The minimum absolute atomic E-state index is 0.0571. The van der Waals surface area contributed by atoms with Crippen molar-refractivity contribution >= 4 is 17.5 Å². The van der Waals surface area contributed by atoms with E-state index < -0.39 is 0 Å². The number of amides is 1. The van der Waals surface area contributed by atoms with E-state index in [4.69, 9.17) is 16.3 Å². The number of carbonyl (C=O) groups is 1. The van der Waals surface area contributed by atoms with Gasteiger partial charge in [-0.2, -0.15) is 0 Å². The highest BCUT2D eigenvalue weighted by Gasteiger charge is 2.48. The fourth-order valence-electron chi connectivity index (χ4n) is 5.15. The molecule has 0 aliphatic carbocycles. The lowest BCUT2D eigenvalue weighted by Gasteiger charge is -2.43. The molecule has 2 aromatic carbocycles. The van der Waals surface area contributed by atoms with Crippen molar-refractivity contribution in [2.24, 2.45) is 5.41 Å². The standard InChI is InChI=1S/C24H28ClFN2O2/c1-30-16-23(29)28-11-9-24(10-12-28)17-27(14-19-7-8-20(25)13-22(19)26)15-21(24)18-5-3-2-4-6-18/h2-8,13,21H,9-12,14-17H2,1H3/t21-/m0/s1. The number of nitrogens with zero attached hydrogens (tertiary/aromatic N) is 2. The lowest BCUT2D eigenvalue weighted by molar-refractivity contribution is -0.137. The Hall–Kier alpha value is -1.95. The van der Waals surface area contributed by atoms with Gasteiger partial charge in [0.15, 0.2) is 0 Å². The Labute approximate surface area is 182 Å². The van der Waals surface area contributed by atoms with Crippen LogP contribution in [0.15, 0.2) is 48.5 Å². The monoisotopic (exact) mass is 430 g/mol. The second-order valence-corrected chi connectivity index (χ2v) is 8.98. The normalized spacial score (nSPS) is 21.3. The molecule has 4 nitrogen and oxygen atoms in total. The summed E-state index contributed by atoms with van der Waals surface area (Å²) >= 11 is 5.92. The number of piperidine rings is 1. The Kier molecular flexibility index (Phi) is 6.42. The molecule has 30 heavy (non-hydrogen) atoms. The van der Waals surface area contributed by atoms with Gasteiger partial charge < -0.3 is 9.64 Å². The maximum atomic E-state index is 14.4. The summed E-state index contributed by atoms with van der Waals surface area (Å²) in [6.45, 7) is 3.99. The molecule has 2 fully saturated rings. The molecule has 2 aliphatic heterocycles. The minimum atomic E-state index is -0.250. The fourth-order valence-corrected chi connectivity index (χ4v) is 5.31. The Bertz CT molecular complexity index is 884. The molecule has 160 valence electrons. The van der Waals surface area contributed by atoms with Crippen LogP contribution in [0.5, 0.6) is 0 Å². The highest BCUT2D eigenvalue weighted by molar-refractivity contribution is 6.30. The quantitative estimate of drug-likeness (QED) is 0.707. The maximum Gasteiger partial charge on any atom is 0.248 e. The Balaban J connectivity index is 1.54. The van der Waals surface area contributed by atoms with E-state index >= 15 is 0 Å². The van der Waals surface area contributed by atoms with Crippen LogP contribution in [-0.2, 0) is 16.1 Å². The average molecular weight is 431 g/mol. The Morgan fingerprint density at radius 2 is 1.93 bits per heavy atom. The number of ether oxygens (including phenoxy) is 1. The summed E-state index contributed by atoms with van der Waals surface area (Å²) in [6, 6.07) is 15.5. The molecule has 2 aliphatic rings. The molecule has 1 atom stereocenters. The summed E-state index contributed by atoms with van der Waals surface area (Å²) in [5.41, 5.74) is 2.10. The molecule has 0 radical (unpaired) electrons. The van der Waals surface area contributed by atoms with Gasteiger partial charge in [-0.1, -0.05) is 48.0 Å². The SMILES string of the molecule is COCC(=O)N1CCC2(CC1)CN(Cc1ccc(Cl)cc1F)C[C@H]2c1ccccc1. The van der Waals surface area contributed by atoms with Crippen LogP contribution in [0.2, 0.25) is 5.02 Å². The van der Waals surface area contributed by atoms with Gasteiger partial charge in [-0.15, -0.1) is 0 Å². The summed E-state index contributed by atoms with van der Waals surface area (Å²) in [7, 11) is 1.56. The van der Waals surface area contributed by atoms with Crippen molar-refractivity contribution in [3.63, 3.8) is 0 Å². The number of hydrogen-bond donors (Lipinski definition) is 0. The largest absolute Gasteiger partial charge is 0.375 e. The van der Waals surface area contributed by atoms with Gasteiger partial charge >= 0.3 is 0 Å². The second-order valence-electron chi connectivity index (χ2n) is 8.54. The molecular formula is C24H28ClFN2O2. The van der Waals surface area contributed by atoms with Crippen LogP contribution < -0.4 is 0 Å². The first-order valence-electron chi connectivity index (χ1n) is 10.5. The van der Waals surface area contributed by atoms with E-state index in [2.05, 4.69) is 29.2 Å². The van der Waals surface area contributed by atoms with Crippen molar-refractivity contribution < 1.29 is 13.9 Å². The van der Waals surface area contributed by atoms with E-state index in [-0.39, 0.29) is 23.7 Å². The van der Waals surface area contributed by atoms with Gasteiger partial charge in [-0.05, 0) is 36.0 Å². The number of hydrogen-bond acceptors (Lipinski definition) is 3. The zero-order chi connectivity index (χ0) is 21.1. The van der Waals surface area contributed by atoms with Crippen LogP contribution >= 0.6 is 11.6 Å². The summed E-state index contributed by atoms with van der Waals surface area (Å²) < 4.78 is 19.4. The summed E-state index contributed by atoms with van der Waals surface area (Å²) in [6.07, 6.45) is 1.89. The average Bonchev–Trinajstić information content (AvgIpc) is 3.09. The number of carbonyl (C=O) groups excluding carboxylic acids is 1. The van der Waals surface area contributed by atoms with Gasteiger partial charge in [0.25, 0.3) is 0 Å². The predicted molar refractivity (Wildman–Crippen MR) is 116 cm³/mol. The van der Waals surface area contributed by atoms with Gasteiger partial charge in [-0.25, -0.2) is 4.39 Å². The molecule has 0 aromatic heterocycles. The van der Waals surface area contributed by atoms with Crippen molar-refractivity contribution in [3.05, 3.63) is 70.5 Å². The van der Waals surface area contributed by atoms with Gasteiger partial charge in [0.2, 0.25) is 5.91 Å². The topological polar surface area (TPSA) is 32.8 Å². The molecule has 2 heterocycles. The lowest BCUT2D eigenvalue weighted by Crippen LogP contribution is -2.47. The molecule has 1 amide bonds. The van der Waals surface area contributed by atoms with Gasteiger partial charge in [0.05, 0.1) is 0 Å². The molecule has 0 bridgehead atoms. The Morgan fingerprint density at radius 1 is 1.20 bits per heavy atom. The third kappa shape index (κ3) is 4.39. The summed E-state index contributed by atoms with van der Waals surface area (Å²) in [4.78, 5) is 16.5. The van der Waals surface area contributed by atoms with E-state index in [1.807, 2.05) is 11.0 Å². The molecule has 0 unspecified atom stereocenters. The van der Waals surface area contributed by atoms with E-state index in [0.29, 0.717) is 23.0 Å². The highest BCUT2D eigenvalue weighted by Crippen LogP contribution is 2.50. The molecule has 0 saturated carbocycles. The van der Waals surface area contributed by atoms with Crippen molar-refractivity contribution in [1.82, 2.24) is 9.80 Å². The van der Waals surface area contributed by atoms with Crippen LogP contribution in [0.4, 0.5) is 4.39 Å². The number of methoxy groups -OCH3 is 1. The lowest BCUT2D eigenvalue weighted by atomic mass is 9.68. The molecule has 6 heteroatoms. The molecule has 2 saturated heterocycles. The van der Waals surface area contributed by atoms with Crippen LogP contribution in [0.1, 0.15) is 29.9 Å². The first kappa shape index (κ1) is 21.3. The smallest absolute Gasteiger partial charge is 0.248 e. The van der Waals surface area contributed by atoms with E-state index in [0.717, 1.165) is 39.0 Å². The van der Waals surface area contributed by atoms with Crippen LogP contribution in [-0.4, -0.2) is 55.6 Å². The second kappa shape index (κ2) is 9.04. The predicted octanol–water partition coefficient (Wildman–Crippen LogP) is 4.33. The Morgan fingerprint density at radius 3 is 2.60 bits per heavy atom. The molecule has 1 spiro atoms. The van der Waals surface area contributed by atoms with E-state index in [9.17, 15) is 9.18 Å². The van der Waals surface area contributed by atoms with Crippen molar-refractivity contribution in [3.8, 4) is 0 Å². The van der Waals surface area contributed by atoms with Crippen molar-refractivity contribution in [1.29, 1.82) is 0 Å². The first-order valence-corrected chi connectivity index (χ1v) is 10.9. The maximum absolute atomic E-state index is 14.4. The van der Waals surface area contributed by atoms with E-state index in [1.54, 1.807) is 19.2 Å². The number of benzene rings is 2. The number of likely N-dealkylation sites (tertiary alicyclic amines) is 2. The van der Waals surface area contributed by atoms with Crippen molar-refractivity contribution in [2.75, 3.05) is 39.9 Å². The molecule has 4 rings (SSSR count). The zero-order valence-electron chi connectivity index (χ0n) is 17.3. The first-order chi connectivity index (χ1) is 14.5. The van der Waals surface area contributed by atoms with E-state index in [1.165, 1.54) is 11.6 Å². The third-order valence-electron chi connectivity index (χ3n) is 6.71. The van der Waals surface area contributed by atoms with Gasteiger partial charge in [0, 0.05) is 56.3 Å². The molecular weight excluding hydrogens is 403 g/mol. The third-order valence-corrected chi connectivity index (χ3v) is 6.94. The summed E-state index contributed by atoms with van der Waals surface area (Å²) in [5.74, 6) is 0.176. The van der Waals surface area contributed by atoms with Crippen LogP contribution in [0, 0.1) is 11.2 Å². The number of rotatable bonds is 5. The van der Waals surface area contributed by atoms with Crippen LogP contribution in [0.25, 0.3) is 0 Å². The van der Waals surface area contributed by atoms with Gasteiger partial charge in [0.1, 0.15) is 12.4 Å². The summed E-state index contributed by atoms with van der Waals surface area (Å²) in [5, 5.41) is 0.421. The van der Waals surface area contributed by atoms with Gasteiger partial charge in [-0.3, -0.25) is 9.69 Å². The fraction of sp³-hybridized carbons (Fsp3) is 0.458. The molecule has 0 N–H and O–H groups in total. The zero-order valence-corrected chi connectivity index (χ0v) is 18.1.